The molecule has 1 amide bonds. The first-order valence-electron chi connectivity index (χ1n) is 6.50. The van der Waals surface area contributed by atoms with Gasteiger partial charge in [-0.3, -0.25) is 4.79 Å². The Hall–Kier alpha value is -1.42. The summed E-state index contributed by atoms with van der Waals surface area (Å²) in [6.07, 6.45) is 0. The number of nitrogens with zero attached hydrogens (tertiary/aromatic N) is 1. The molecule has 1 rings (SSSR count). The van der Waals surface area contributed by atoms with Crippen LogP contribution in [0.1, 0.15) is 29.8 Å². The molecule has 0 radical (unpaired) electrons. The van der Waals surface area contributed by atoms with Gasteiger partial charge in [-0.15, -0.1) is 0 Å². The minimum absolute atomic E-state index is 0.136. The predicted molar refractivity (Wildman–Crippen MR) is 73.8 cm³/mol. The van der Waals surface area contributed by atoms with E-state index in [1.165, 1.54) is 6.07 Å². The van der Waals surface area contributed by atoms with E-state index in [2.05, 4.69) is 0 Å². The molecule has 0 saturated carbocycles. The van der Waals surface area contributed by atoms with Crippen LogP contribution in [0.3, 0.4) is 0 Å². The number of carbonyl (C=O) groups is 1. The van der Waals surface area contributed by atoms with Gasteiger partial charge in [0.1, 0.15) is 5.82 Å². The van der Waals surface area contributed by atoms with Crippen molar-refractivity contribution in [2.75, 3.05) is 26.8 Å². The van der Waals surface area contributed by atoms with E-state index in [1.807, 2.05) is 13.8 Å². The number of carbonyl (C=O) groups excluding carboxylic acids is 1. The Kier molecular flexibility index (Phi) is 5.96. The van der Waals surface area contributed by atoms with Gasteiger partial charge in [0.15, 0.2) is 0 Å². The van der Waals surface area contributed by atoms with E-state index in [9.17, 15) is 9.18 Å². The second-order valence-electron chi connectivity index (χ2n) is 5.07. The van der Waals surface area contributed by atoms with Gasteiger partial charge < -0.3 is 9.64 Å². The molecule has 0 aliphatic rings. The van der Waals surface area contributed by atoms with Gasteiger partial charge in [-0.05, 0) is 24.5 Å². The molecule has 0 saturated heterocycles. The van der Waals surface area contributed by atoms with Crippen molar-refractivity contribution < 1.29 is 13.9 Å². The largest absolute Gasteiger partial charge is 0.383 e. The molecule has 1 aromatic carbocycles. The molecule has 0 atom stereocenters. The Balaban J connectivity index is 2.94. The summed E-state index contributed by atoms with van der Waals surface area (Å²) in [5, 5.41) is 0. The van der Waals surface area contributed by atoms with Gasteiger partial charge >= 0.3 is 0 Å². The van der Waals surface area contributed by atoms with Gasteiger partial charge in [-0.25, -0.2) is 4.39 Å². The third-order valence-electron chi connectivity index (χ3n) is 2.86. The monoisotopic (exact) mass is 267 g/mol. The topological polar surface area (TPSA) is 29.5 Å². The average Bonchev–Trinajstić information content (AvgIpc) is 2.36. The molecule has 0 bridgehead atoms. The van der Waals surface area contributed by atoms with Gasteiger partial charge in [0.25, 0.3) is 5.91 Å². The van der Waals surface area contributed by atoms with Crippen molar-refractivity contribution in [2.45, 2.75) is 20.8 Å². The molecule has 1 aromatic rings. The van der Waals surface area contributed by atoms with Crippen LogP contribution in [-0.2, 0) is 4.74 Å². The number of methoxy groups -OCH3 is 1. The average molecular weight is 267 g/mol. The van der Waals surface area contributed by atoms with Gasteiger partial charge in [0.2, 0.25) is 0 Å². The summed E-state index contributed by atoms with van der Waals surface area (Å²) in [7, 11) is 1.59. The zero-order valence-electron chi connectivity index (χ0n) is 12.1. The van der Waals surface area contributed by atoms with E-state index < -0.39 is 5.82 Å². The highest BCUT2D eigenvalue weighted by Crippen LogP contribution is 2.15. The van der Waals surface area contributed by atoms with Crippen molar-refractivity contribution in [3.05, 3.63) is 35.1 Å². The van der Waals surface area contributed by atoms with E-state index in [0.717, 1.165) is 0 Å². The van der Waals surface area contributed by atoms with E-state index in [4.69, 9.17) is 4.74 Å². The summed E-state index contributed by atoms with van der Waals surface area (Å²) in [6, 6.07) is 4.90. The smallest absolute Gasteiger partial charge is 0.256 e. The minimum atomic E-state index is -0.432. The number of rotatable bonds is 6. The molecule has 106 valence electrons. The zero-order valence-corrected chi connectivity index (χ0v) is 12.1. The first-order valence-corrected chi connectivity index (χ1v) is 6.50. The van der Waals surface area contributed by atoms with Crippen LogP contribution in [-0.4, -0.2) is 37.6 Å². The molecule has 0 aliphatic carbocycles. The lowest BCUT2D eigenvalue weighted by Gasteiger charge is -2.24. The van der Waals surface area contributed by atoms with Crippen LogP contribution < -0.4 is 0 Å². The Bertz CT molecular complexity index is 432. The number of amides is 1. The van der Waals surface area contributed by atoms with Gasteiger partial charge in [0, 0.05) is 20.2 Å². The summed E-state index contributed by atoms with van der Waals surface area (Å²) in [5.41, 5.74) is 0.624. The lowest BCUT2D eigenvalue weighted by Crippen LogP contribution is -2.37. The van der Waals surface area contributed by atoms with Crippen molar-refractivity contribution in [3.8, 4) is 0 Å². The van der Waals surface area contributed by atoms with Crippen molar-refractivity contribution in [3.63, 3.8) is 0 Å². The summed E-state index contributed by atoms with van der Waals surface area (Å²) in [4.78, 5) is 14.0. The lowest BCUT2D eigenvalue weighted by molar-refractivity contribution is 0.0667. The summed E-state index contributed by atoms with van der Waals surface area (Å²) in [6.45, 7) is 7.23. The van der Waals surface area contributed by atoms with Crippen molar-refractivity contribution in [1.29, 1.82) is 0 Å². The Morgan fingerprint density at radius 2 is 2.11 bits per heavy atom. The van der Waals surface area contributed by atoms with Crippen LogP contribution in [0.5, 0.6) is 0 Å². The molecule has 0 N–H and O–H groups in total. The maximum Gasteiger partial charge on any atom is 0.256 e. The molecule has 0 aliphatic heterocycles. The lowest BCUT2D eigenvalue weighted by atomic mass is 10.1. The molecule has 19 heavy (non-hydrogen) atoms. The van der Waals surface area contributed by atoms with Gasteiger partial charge in [-0.1, -0.05) is 26.0 Å². The zero-order chi connectivity index (χ0) is 14.4. The normalized spacial score (nSPS) is 10.8. The number of hydrogen-bond acceptors (Lipinski definition) is 2. The van der Waals surface area contributed by atoms with Crippen molar-refractivity contribution in [2.24, 2.45) is 5.92 Å². The maximum absolute atomic E-state index is 14.0. The SMILES string of the molecule is COCCN(CC(C)C)C(=O)c1cccc(C)c1F. The third kappa shape index (κ3) is 4.31. The van der Waals surface area contributed by atoms with Crippen molar-refractivity contribution >= 4 is 5.91 Å². The second kappa shape index (κ2) is 7.24. The summed E-state index contributed by atoms with van der Waals surface area (Å²) < 4.78 is 19.0. The Labute approximate surface area is 114 Å². The van der Waals surface area contributed by atoms with E-state index in [-0.39, 0.29) is 11.5 Å². The van der Waals surface area contributed by atoms with E-state index >= 15 is 0 Å². The highest BCUT2D eigenvalue weighted by atomic mass is 19.1. The fourth-order valence-electron chi connectivity index (χ4n) is 1.90. The molecule has 0 spiro atoms. The fourth-order valence-corrected chi connectivity index (χ4v) is 1.90. The Morgan fingerprint density at radius 3 is 2.68 bits per heavy atom. The van der Waals surface area contributed by atoms with Gasteiger partial charge in [-0.2, -0.15) is 0 Å². The molecule has 0 heterocycles. The second-order valence-corrected chi connectivity index (χ2v) is 5.07. The molecule has 0 fully saturated rings. The van der Waals surface area contributed by atoms with Crippen LogP contribution in [0.15, 0.2) is 18.2 Å². The molecule has 3 nitrogen and oxygen atoms in total. The quantitative estimate of drug-likeness (QED) is 0.793. The minimum Gasteiger partial charge on any atom is -0.383 e. The molecule has 4 heteroatoms. The van der Waals surface area contributed by atoms with E-state index in [1.54, 1.807) is 31.1 Å². The standard InChI is InChI=1S/C15H22FNO2/c1-11(2)10-17(8-9-19-4)15(18)13-7-5-6-12(3)14(13)16/h5-7,11H,8-10H2,1-4H3. The number of benzene rings is 1. The molecule has 0 unspecified atom stereocenters. The fraction of sp³-hybridized carbons (Fsp3) is 0.533. The third-order valence-corrected chi connectivity index (χ3v) is 2.86. The first-order chi connectivity index (χ1) is 8.97. The summed E-state index contributed by atoms with van der Waals surface area (Å²) in [5.74, 6) is -0.376. The van der Waals surface area contributed by atoms with Crippen molar-refractivity contribution in [1.82, 2.24) is 4.90 Å². The summed E-state index contributed by atoms with van der Waals surface area (Å²) >= 11 is 0. The Morgan fingerprint density at radius 1 is 1.42 bits per heavy atom. The number of hydrogen-bond donors (Lipinski definition) is 0. The van der Waals surface area contributed by atoms with Crippen LogP contribution >= 0.6 is 0 Å². The number of aryl methyl sites for hydroxylation is 1. The van der Waals surface area contributed by atoms with Crippen LogP contribution in [0.2, 0.25) is 0 Å². The van der Waals surface area contributed by atoms with E-state index in [0.29, 0.717) is 31.2 Å². The number of ether oxygens (including phenoxy) is 1. The maximum atomic E-state index is 14.0. The van der Waals surface area contributed by atoms with Gasteiger partial charge in [0.05, 0.1) is 12.2 Å². The highest BCUT2D eigenvalue weighted by molar-refractivity contribution is 5.94. The predicted octanol–water partition coefficient (Wildman–Crippen LogP) is 2.88. The highest BCUT2D eigenvalue weighted by Gasteiger charge is 2.20. The van der Waals surface area contributed by atoms with Crippen LogP contribution in [0.25, 0.3) is 0 Å². The molecular formula is C15H22FNO2. The van der Waals surface area contributed by atoms with Crippen LogP contribution in [0.4, 0.5) is 4.39 Å². The molecular weight excluding hydrogens is 245 g/mol. The van der Waals surface area contributed by atoms with Crippen LogP contribution in [0, 0.1) is 18.7 Å². The molecule has 0 aromatic heterocycles. The number of halogens is 1. The first kappa shape index (κ1) is 15.6.